The number of aromatic nitrogens is 2. The smallest absolute Gasteiger partial charge is 0.166 e. The van der Waals surface area contributed by atoms with Gasteiger partial charge in [-0.15, -0.1) is 0 Å². The summed E-state index contributed by atoms with van der Waals surface area (Å²) in [5.41, 5.74) is 14.1. The van der Waals surface area contributed by atoms with Gasteiger partial charge in [0.15, 0.2) is 11.6 Å². The molecule has 0 atom stereocenters. The van der Waals surface area contributed by atoms with Crippen molar-refractivity contribution in [3.8, 4) is 0 Å². The van der Waals surface area contributed by atoms with Crippen LogP contribution in [0.4, 0.5) is 11.6 Å². The Morgan fingerprint density at radius 2 is 1.37 bits per heavy atom. The van der Waals surface area contributed by atoms with Gasteiger partial charge in [-0.25, -0.2) is 9.97 Å². The molecule has 4 N–H and O–H groups in total. The summed E-state index contributed by atoms with van der Waals surface area (Å²) < 4.78 is 0. The first-order chi connectivity index (χ1) is 9.06. The number of rotatable bonds is 1. The van der Waals surface area contributed by atoms with Crippen LogP contribution < -0.4 is 11.5 Å². The summed E-state index contributed by atoms with van der Waals surface area (Å²) in [4.78, 5) is 9.07. The largest absolute Gasteiger partial charge is 0.381 e. The van der Waals surface area contributed by atoms with E-state index in [0.717, 1.165) is 29.1 Å². The molecular weight excluding hydrogens is 236 g/mol. The quantitative estimate of drug-likeness (QED) is 0.811. The van der Waals surface area contributed by atoms with Crippen molar-refractivity contribution in [2.45, 2.75) is 50.9 Å². The maximum Gasteiger partial charge on any atom is 0.166 e. The van der Waals surface area contributed by atoms with Crippen molar-refractivity contribution in [1.29, 1.82) is 0 Å². The van der Waals surface area contributed by atoms with Gasteiger partial charge in [0.2, 0.25) is 0 Å². The lowest BCUT2D eigenvalue weighted by atomic mass is 9.48. The average molecular weight is 258 g/mol. The number of nitrogens with two attached hydrogens (primary N) is 2. The monoisotopic (exact) mass is 258 g/mol. The zero-order chi connectivity index (χ0) is 13.2. The van der Waals surface area contributed by atoms with Crippen LogP contribution in [0.2, 0.25) is 0 Å². The highest BCUT2D eigenvalue weighted by Crippen LogP contribution is 2.60. The summed E-state index contributed by atoms with van der Waals surface area (Å²) in [7, 11) is 0. The molecule has 4 saturated carbocycles. The highest BCUT2D eigenvalue weighted by Gasteiger charge is 2.53. The molecule has 5 rings (SSSR count). The third kappa shape index (κ3) is 1.58. The third-order valence-electron chi connectivity index (χ3n) is 5.67. The molecule has 102 valence electrons. The Morgan fingerprint density at radius 3 is 1.89 bits per heavy atom. The third-order valence-corrected chi connectivity index (χ3v) is 5.67. The van der Waals surface area contributed by atoms with Crippen molar-refractivity contribution < 1.29 is 0 Å². The Balaban J connectivity index is 1.81. The normalized spacial score (nSPS) is 39.7. The molecule has 0 aliphatic heterocycles. The van der Waals surface area contributed by atoms with Crippen LogP contribution in [0.15, 0.2) is 0 Å². The minimum absolute atomic E-state index is 0.258. The molecular formula is C15H22N4. The predicted octanol–water partition coefficient (Wildman–Crippen LogP) is 2.42. The second kappa shape index (κ2) is 3.62. The number of hydrogen-bond acceptors (Lipinski definition) is 4. The number of anilines is 2. The highest BCUT2D eigenvalue weighted by molar-refractivity contribution is 5.53. The van der Waals surface area contributed by atoms with Crippen molar-refractivity contribution in [3.05, 3.63) is 11.4 Å². The van der Waals surface area contributed by atoms with Crippen LogP contribution in [-0.2, 0) is 5.41 Å². The first-order valence-electron chi connectivity index (χ1n) is 7.46. The van der Waals surface area contributed by atoms with Crippen molar-refractivity contribution in [2.24, 2.45) is 17.8 Å². The van der Waals surface area contributed by atoms with Gasteiger partial charge in [-0.1, -0.05) is 0 Å². The van der Waals surface area contributed by atoms with Gasteiger partial charge >= 0.3 is 0 Å². The highest BCUT2D eigenvalue weighted by atomic mass is 15.0. The van der Waals surface area contributed by atoms with Crippen molar-refractivity contribution in [2.75, 3.05) is 11.5 Å². The number of aryl methyl sites for hydroxylation is 1. The topological polar surface area (TPSA) is 77.8 Å². The van der Waals surface area contributed by atoms with Crippen LogP contribution in [0.25, 0.3) is 0 Å². The molecule has 0 spiro atoms. The molecule has 4 aliphatic carbocycles. The molecule has 4 fully saturated rings. The number of nitrogen functional groups attached to an aromatic ring is 2. The second-order valence-corrected chi connectivity index (χ2v) is 7.13. The van der Waals surface area contributed by atoms with Crippen molar-refractivity contribution >= 4 is 11.6 Å². The van der Waals surface area contributed by atoms with E-state index in [4.69, 9.17) is 11.5 Å². The van der Waals surface area contributed by atoms with E-state index >= 15 is 0 Å². The van der Waals surface area contributed by atoms with Gasteiger partial charge in [-0.2, -0.15) is 0 Å². The van der Waals surface area contributed by atoms with Gasteiger partial charge in [0.1, 0.15) is 0 Å². The summed E-state index contributed by atoms with van der Waals surface area (Å²) >= 11 is 0. The van der Waals surface area contributed by atoms with Crippen LogP contribution in [0, 0.1) is 24.7 Å². The lowest BCUT2D eigenvalue weighted by Crippen LogP contribution is -2.49. The Hall–Kier alpha value is -1.32. The van der Waals surface area contributed by atoms with Crippen LogP contribution in [0.1, 0.15) is 49.9 Å². The molecule has 0 saturated heterocycles. The lowest BCUT2D eigenvalue weighted by molar-refractivity contribution is -0.00761. The van der Waals surface area contributed by atoms with Crippen molar-refractivity contribution in [1.82, 2.24) is 9.97 Å². The van der Waals surface area contributed by atoms with E-state index in [1.165, 1.54) is 38.5 Å². The van der Waals surface area contributed by atoms with E-state index in [-0.39, 0.29) is 5.41 Å². The molecule has 19 heavy (non-hydrogen) atoms. The molecule has 1 heterocycles. The van der Waals surface area contributed by atoms with E-state index in [1.807, 2.05) is 6.92 Å². The van der Waals surface area contributed by atoms with Crippen LogP contribution in [-0.4, -0.2) is 9.97 Å². The summed E-state index contributed by atoms with van der Waals surface area (Å²) in [5, 5.41) is 0. The molecule has 0 aromatic carbocycles. The molecule has 4 bridgehead atoms. The van der Waals surface area contributed by atoms with E-state index in [2.05, 4.69) is 9.97 Å². The molecule has 0 unspecified atom stereocenters. The minimum Gasteiger partial charge on any atom is -0.381 e. The zero-order valence-electron chi connectivity index (χ0n) is 11.5. The lowest BCUT2D eigenvalue weighted by Gasteiger charge is -2.56. The van der Waals surface area contributed by atoms with E-state index in [9.17, 15) is 0 Å². The van der Waals surface area contributed by atoms with Gasteiger partial charge < -0.3 is 11.5 Å². The maximum atomic E-state index is 5.91. The van der Waals surface area contributed by atoms with Gasteiger partial charge in [-0.3, -0.25) is 0 Å². The maximum absolute atomic E-state index is 5.91. The molecule has 1 aromatic heterocycles. The summed E-state index contributed by atoms with van der Waals surface area (Å²) in [6.07, 6.45) is 8.19. The Kier molecular flexibility index (Phi) is 2.19. The fourth-order valence-corrected chi connectivity index (χ4v) is 5.45. The van der Waals surface area contributed by atoms with Gasteiger partial charge in [-0.05, 0) is 63.2 Å². The first kappa shape index (κ1) is 11.5. The standard InChI is InChI=1S/C15H22N4/c1-8-12(19-14(17)13(16)18-8)15-5-9-2-10(6-15)4-11(3-9)7-15/h9-11H,2-7H2,1H3,(H2,16,18)(H2,17,19). The molecule has 0 radical (unpaired) electrons. The molecule has 4 aliphatic rings. The SMILES string of the molecule is Cc1nc(N)c(N)nc1C12CC3CC(CC(C3)C1)C2. The Morgan fingerprint density at radius 1 is 0.895 bits per heavy atom. The zero-order valence-corrected chi connectivity index (χ0v) is 11.5. The minimum atomic E-state index is 0.258. The molecule has 0 amide bonds. The number of hydrogen-bond donors (Lipinski definition) is 2. The van der Waals surface area contributed by atoms with Gasteiger partial charge in [0.05, 0.1) is 11.4 Å². The predicted molar refractivity (Wildman–Crippen MR) is 75.4 cm³/mol. The fourth-order valence-electron chi connectivity index (χ4n) is 5.45. The van der Waals surface area contributed by atoms with Gasteiger partial charge in [0, 0.05) is 5.41 Å². The van der Waals surface area contributed by atoms with E-state index < -0.39 is 0 Å². The summed E-state index contributed by atoms with van der Waals surface area (Å²) in [6, 6.07) is 0. The molecule has 4 heteroatoms. The molecule has 4 nitrogen and oxygen atoms in total. The molecule has 1 aromatic rings. The van der Waals surface area contributed by atoms with Crippen LogP contribution in [0.3, 0.4) is 0 Å². The summed E-state index contributed by atoms with van der Waals surface area (Å²) in [5.74, 6) is 3.52. The number of nitrogens with zero attached hydrogens (tertiary/aromatic N) is 2. The second-order valence-electron chi connectivity index (χ2n) is 7.13. The van der Waals surface area contributed by atoms with E-state index in [1.54, 1.807) is 0 Å². The fraction of sp³-hybridized carbons (Fsp3) is 0.733. The summed E-state index contributed by atoms with van der Waals surface area (Å²) in [6.45, 7) is 2.04. The van der Waals surface area contributed by atoms with Crippen molar-refractivity contribution in [3.63, 3.8) is 0 Å². The Labute approximate surface area is 114 Å². The van der Waals surface area contributed by atoms with Crippen LogP contribution in [0.5, 0.6) is 0 Å². The first-order valence-corrected chi connectivity index (χ1v) is 7.46. The average Bonchev–Trinajstić information content (AvgIpc) is 2.32. The Bertz CT molecular complexity index is 502. The van der Waals surface area contributed by atoms with E-state index in [0.29, 0.717) is 11.6 Å². The van der Waals surface area contributed by atoms with Gasteiger partial charge in [0.25, 0.3) is 0 Å². The van der Waals surface area contributed by atoms with Crippen LogP contribution >= 0.6 is 0 Å².